The average Bonchev–Trinajstić information content (AvgIpc) is 2.83. The number of nitrogen functional groups attached to an aromatic ring is 1. The van der Waals surface area contributed by atoms with E-state index >= 15 is 0 Å². The molecule has 0 spiro atoms. The van der Waals surface area contributed by atoms with Crippen molar-refractivity contribution in [3.63, 3.8) is 0 Å². The van der Waals surface area contributed by atoms with Crippen LogP contribution in [-0.4, -0.2) is 9.97 Å². The van der Waals surface area contributed by atoms with Gasteiger partial charge < -0.3 is 10.5 Å². The second-order valence-electron chi connectivity index (χ2n) is 7.45. The van der Waals surface area contributed by atoms with Gasteiger partial charge in [-0.2, -0.15) is 0 Å². The Bertz CT molecular complexity index is 1400. The fraction of sp³-hybridized carbons (Fsp3) is 0.0370. The molecule has 0 atom stereocenters. The minimum absolute atomic E-state index is 0.316. The number of ether oxygens (including phenoxy) is 1. The summed E-state index contributed by atoms with van der Waals surface area (Å²) in [6.07, 6.45) is 0. The number of rotatable bonds is 5. The van der Waals surface area contributed by atoms with Crippen molar-refractivity contribution < 1.29 is 9.13 Å². The Labute approximate surface area is 185 Å². The largest absolute Gasteiger partial charge is 0.487 e. The lowest BCUT2D eigenvalue weighted by Gasteiger charge is -2.12. The first-order valence-corrected chi connectivity index (χ1v) is 10.3. The minimum atomic E-state index is -0.316. The van der Waals surface area contributed by atoms with Gasteiger partial charge in [0.25, 0.3) is 0 Å². The molecule has 0 amide bonds. The molecule has 0 radical (unpaired) electrons. The van der Waals surface area contributed by atoms with Crippen LogP contribution in [0.15, 0.2) is 97.1 Å². The average molecular weight is 421 g/mol. The molecule has 3 aromatic carbocycles. The molecule has 0 saturated heterocycles. The number of nitrogens with zero attached hydrogens (tertiary/aromatic N) is 2. The SMILES string of the molecule is Nc1ccc(-c2ccc(OCc3ccc4ccccc4n3)cc2)c(-c2cccc(F)c2)n1. The van der Waals surface area contributed by atoms with Gasteiger partial charge in [0.2, 0.25) is 0 Å². The molecule has 0 unspecified atom stereocenters. The predicted octanol–water partition coefficient (Wildman–Crippen LogP) is 6.26. The van der Waals surface area contributed by atoms with E-state index in [0.717, 1.165) is 33.5 Å². The Kier molecular flexibility index (Phi) is 5.22. The molecule has 0 saturated carbocycles. The highest BCUT2D eigenvalue weighted by atomic mass is 19.1. The summed E-state index contributed by atoms with van der Waals surface area (Å²) in [5.74, 6) is 0.805. The van der Waals surface area contributed by atoms with Gasteiger partial charge in [0.1, 0.15) is 24.0 Å². The van der Waals surface area contributed by atoms with Crippen LogP contribution in [0.5, 0.6) is 5.75 Å². The van der Waals surface area contributed by atoms with Crippen molar-refractivity contribution in [2.45, 2.75) is 6.61 Å². The molecule has 2 heterocycles. The van der Waals surface area contributed by atoms with Crippen LogP contribution in [0.3, 0.4) is 0 Å². The maximum atomic E-state index is 13.8. The number of hydrogen-bond acceptors (Lipinski definition) is 4. The molecule has 5 heteroatoms. The number of fused-ring (bicyclic) bond motifs is 1. The van der Waals surface area contributed by atoms with Crippen molar-refractivity contribution >= 4 is 16.7 Å². The summed E-state index contributed by atoms with van der Waals surface area (Å²) in [5.41, 5.74) is 10.8. The fourth-order valence-electron chi connectivity index (χ4n) is 3.64. The Morgan fingerprint density at radius 1 is 0.750 bits per heavy atom. The van der Waals surface area contributed by atoms with E-state index in [2.05, 4.69) is 9.97 Å². The van der Waals surface area contributed by atoms with Crippen molar-refractivity contribution in [2.75, 3.05) is 5.73 Å². The lowest BCUT2D eigenvalue weighted by molar-refractivity contribution is 0.302. The highest BCUT2D eigenvalue weighted by molar-refractivity contribution is 5.82. The van der Waals surface area contributed by atoms with E-state index in [1.807, 2.05) is 72.8 Å². The van der Waals surface area contributed by atoms with Gasteiger partial charge in [0, 0.05) is 16.5 Å². The normalized spacial score (nSPS) is 10.9. The molecule has 0 aliphatic rings. The standard InChI is InChI=1S/C27H20FN3O/c28-21-6-3-5-20(16-21)27-24(14-15-26(29)31-27)18-9-12-23(13-10-18)32-17-22-11-8-19-4-1-2-7-25(19)30-22/h1-16H,17H2,(H2,29,31). The van der Waals surface area contributed by atoms with Crippen LogP contribution in [0.4, 0.5) is 10.2 Å². The van der Waals surface area contributed by atoms with Crippen LogP contribution in [0.1, 0.15) is 5.69 Å². The van der Waals surface area contributed by atoms with Crippen LogP contribution in [0.25, 0.3) is 33.3 Å². The Hall–Kier alpha value is -4.25. The Balaban J connectivity index is 1.38. The predicted molar refractivity (Wildman–Crippen MR) is 126 cm³/mol. The zero-order valence-corrected chi connectivity index (χ0v) is 17.2. The zero-order chi connectivity index (χ0) is 21.9. The number of anilines is 1. The van der Waals surface area contributed by atoms with E-state index in [1.54, 1.807) is 12.1 Å². The Morgan fingerprint density at radius 3 is 2.44 bits per heavy atom. The van der Waals surface area contributed by atoms with Gasteiger partial charge in [-0.15, -0.1) is 0 Å². The highest BCUT2D eigenvalue weighted by Gasteiger charge is 2.11. The highest BCUT2D eigenvalue weighted by Crippen LogP contribution is 2.32. The van der Waals surface area contributed by atoms with Gasteiger partial charge in [-0.1, -0.05) is 48.5 Å². The summed E-state index contributed by atoms with van der Waals surface area (Å²) in [6, 6.07) is 29.7. The van der Waals surface area contributed by atoms with Crippen LogP contribution in [0.2, 0.25) is 0 Å². The molecule has 0 bridgehead atoms. The molecule has 2 N–H and O–H groups in total. The number of hydrogen-bond donors (Lipinski definition) is 1. The molecule has 0 fully saturated rings. The second-order valence-corrected chi connectivity index (χ2v) is 7.45. The van der Waals surface area contributed by atoms with Gasteiger partial charge in [0.05, 0.1) is 16.9 Å². The maximum absolute atomic E-state index is 13.8. The summed E-state index contributed by atoms with van der Waals surface area (Å²) in [4.78, 5) is 9.10. The summed E-state index contributed by atoms with van der Waals surface area (Å²) < 4.78 is 19.7. The van der Waals surface area contributed by atoms with Gasteiger partial charge in [-0.3, -0.25) is 0 Å². The van der Waals surface area contributed by atoms with Crippen LogP contribution in [-0.2, 0) is 6.61 Å². The van der Waals surface area contributed by atoms with Crippen LogP contribution >= 0.6 is 0 Å². The molecular weight excluding hydrogens is 401 g/mol. The van der Waals surface area contributed by atoms with Crippen LogP contribution in [0, 0.1) is 5.82 Å². The molecule has 156 valence electrons. The zero-order valence-electron chi connectivity index (χ0n) is 17.2. The number of pyridine rings is 2. The van der Waals surface area contributed by atoms with Gasteiger partial charge >= 0.3 is 0 Å². The van der Waals surface area contributed by atoms with E-state index in [-0.39, 0.29) is 5.82 Å². The summed E-state index contributed by atoms with van der Waals surface area (Å²) in [6.45, 7) is 0.377. The van der Waals surface area contributed by atoms with Crippen molar-refractivity contribution in [1.29, 1.82) is 0 Å². The molecule has 0 aliphatic heterocycles. The smallest absolute Gasteiger partial charge is 0.130 e. The molecule has 4 nitrogen and oxygen atoms in total. The molecule has 5 rings (SSSR count). The van der Waals surface area contributed by atoms with E-state index in [4.69, 9.17) is 10.5 Å². The molecule has 5 aromatic rings. The first-order valence-electron chi connectivity index (χ1n) is 10.3. The summed E-state index contributed by atoms with van der Waals surface area (Å²) in [7, 11) is 0. The third-order valence-electron chi connectivity index (χ3n) is 5.22. The second kappa shape index (κ2) is 8.47. The molecule has 0 aliphatic carbocycles. The topological polar surface area (TPSA) is 61.0 Å². The number of halogens is 1. The van der Waals surface area contributed by atoms with E-state index in [1.165, 1.54) is 12.1 Å². The minimum Gasteiger partial charge on any atom is -0.487 e. The number of nitrogens with two attached hydrogens (primary N) is 1. The first kappa shape index (κ1) is 19.7. The number of benzene rings is 3. The van der Waals surface area contributed by atoms with Crippen molar-refractivity contribution in [1.82, 2.24) is 9.97 Å². The Morgan fingerprint density at radius 2 is 1.59 bits per heavy atom. The fourth-order valence-corrected chi connectivity index (χ4v) is 3.64. The van der Waals surface area contributed by atoms with E-state index in [0.29, 0.717) is 23.7 Å². The first-order chi connectivity index (χ1) is 15.7. The third-order valence-corrected chi connectivity index (χ3v) is 5.22. The quantitative estimate of drug-likeness (QED) is 0.364. The summed E-state index contributed by atoms with van der Waals surface area (Å²) in [5, 5.41) is 1.10. The van der Waals surface area contributed by atoms with E-state index in [9.17, 15) is 4.39 Å². The van der Waals surface area contributed by atoms with Crippen LogP contribution < -0.4 is 10.5 Å². The maximum Gasteiger partial charge on any atom is 0.130 e. The van der Waals surface area contributed by atoms with E-state index < -0.39 is 0 Å². The monoisotopic (exact) mass is 421 g/mol. The lowest BCUT2D eigenvalue weighted by atomic mass is 9.99. The molecular formula is C27H20FN3O. The van der Waals surface area contributed by atoms with Crippen molar-refractivity contribution in [2.24, 2.45) is 0 Å². The number of para-hydroxylation sites is 1. The van der Waals surface area contributed by atoms with Crippen molar-refractivity contribution in [3.8, 4) is 28.1 Å². The number of aromatic nitrogens is 2. The van der Waals surface area contributed by atoms with Gasteiger partial charge in [0.15, 0.2) is 0 Å². The molecule has 32 heavy (non-hydrogen) atoms. The van der Waals surface area contributed by atoms with Gasteiger partial charge in [-0.25, -0.2) is 14.4 Å². The third kappa shape index (κ3) is 4.14. The van der Waals surface area contributed by atoms with Gasteiger partial charge in [-0.05, 0) is 54.1 Å². The summed E-state index contributed by atoms with van der Waals surface area (Å²) >= 11 is 0. The van der Waals surface area contributed by atoms with Crippen molar-refractivity contribution in [3.05, 3.63) is 109 Å². The molecule has 2 aromatic heterocycles. The lowest BCUT2D eigenvalue weighted by Crippen LogP contribution is -1.98.